The number of nitrogens with one attached hydrogen (secondary N) is 1. The summed E-state index contributed by atoms with van der Waals surface area (Å²) in [6.45, 7) is 10.8. The normalized spacial score (nSPS) is 12.9. The summed E-state index contributed by atoms with van der Waals surface area (Å²) in [5.74, 6) is -0.777. The number of benzene rings is 3. The molecular formula is C31H38BrN3O4S. The Morgan fingerprint density at radius 1 is 0.925 bits per heavy atom. The Morgan fingerprint density at radius 3 is 2.20 bits per heavy atom. The molecule has 2 atom stereocenters. The fourth-order valence-electron chi connectivity index (χ4n) is 4.22. The Bertz CT molecular complexity index is 1460. The molecule has 7 nitrogen and oxygen atoms in total. The monoisotopic (exact) mass is 627 g/mol. The van der Waals surface area contributed by atoms with Gasteiger partial charge in [-0.3, -0.25) is 13.9 Å². The van der Waals surface area contributed by atoms with E-state index < -0.39 is 28.5 Å². The van der Waals surface area contributed by atoms with Crippen LogP contribution in [0.5, 0.6) is 0 Å². The first-order valence-corrected chi connectivity index (χ1v) is 15.6. The minimum Gasteiger partial charge on any atom is -0.352 e. The van der Waals surface area contributed by atoms with Gasteiger partial charge >= 0.3 is 0 Å². The van der Waals surface area contributed by atoms with Crippen molar-refractivity contribution in [3.05, 3.63) is 93.5 Å². The van der Waals surface area contributed by atoms with Crippen LogP contribution in [-0.2, 0) is 26.2 Å². The van der Waals surface area contributed by atoms with Gasteiger partial charge < -0.3 is 10.2 Å². The second-order valence-electron chi connectivity index (χ2n) is 10.3. The van der Waals surface area contributed by atoms with E-state index in [1.807, 2.05) is 71.0 Å². The lowest BCUT2D eigenvalue weighted by Gasteiger charge is -2.33. The number of aryl methyl sites for hydroxylation is 3. The van der Waals surface area contributed by atoms with Crippen LogP contribution in [0.25, 0.3) is 0 Å². The molecule has 0 saturated carbocycles. The molecule has 1 N–H and O–H groups in total. The first-order chi connectivity index (χ1) is 18.8. The van der Waals surface area contributed by atoms with Gasteiger partial charge in [-0.2, -0.15) is 0 Å². The molecule has 0 aliphatic heterocycles. The van der Waals surface area contributed by atoms with E-state index >= 15 is 0 Å². The molecule has 9 heteroatoms. The Labute approximate surface area is 246 Å². The van der Waals surface area contributed by atoms with Crippen molar-refractivity contribution < 1.29 is 18.0 Å². The zero-order chi connectivity index (χ0) is 29.6. The molecule has 0 bridgehead atoms. The average Bonchev–Trinajstić information content (AvgIpc) is 2.91. The molecule has 0 fully saturated rings. The van der Waals surface area contributed by atoms with Crippen LogP contribution in [0.4, 0.5) is 5.69 Å². The maximum atomic E-state index is 14.1. The molecule has 2 amide bonds. The largest absolute Gasteiger partial charge is 0.352 e. The van der Waals surface area contributed by atoms with Crippen molar-refractivity contribution in [2.24, 2.45) is 0 Å². The van der Waals surface area contributed by atoms with Crippen LogP contribution in [-0.4, -0.2) is 43.8 Å². The fraction of sp³-hybridized carbons (Fsp3) is 0.355. The number of nitrogens with zero attached hydrogens (tertiary/aromatic N) is 2. The summed E-state index contributed by atoms with van der Waals surface area (Å²) in [4.78, 5) is 28.8. The third-order valence-corrected chi connectivity index (χ3v) is 9.20. The van der Waals surface area contributed by atoms with E-state index in [4.69, 9.17) is 0 Å². The molecule has 0 saturated heterocycles. The van der Waals surface area contributed by atoms with E-state index in [9.17, 15) is 18.0 Å². The van der Waals surface area contributed by atoms with Crippen molar-refractivity contribution in [1.82, 2.24) is 10.2 Å². The van der Waals surface area contributed by atoms with Crippen molar-refractivity contribution in [2.45, 2.75) is 71.5 Å². The van der Waals surface area contributed by atoms with Gasteiger partial charge in [0.1, 0.15) is 12.6 Å². The van der Waals surface area contributed by atoms with E-state index in [2.05, 4.69) is 21.2 Å². The van der Waals surface area contributed by atoms with Gasteiger partial charge in [0.25, 0.3) is 10.0 Å². The van der Waals surface area contributed by atoms with Crippen molar-refractivity contribution in [3.8, 4) is 0 Å². The van der Waals surface area contributed by atoms with Gasteiger partial charge in [-0.25, -0.2) is 8.42 Å². The number of anilines is 1. The topological polar surface area (TPSA) is 86.8 Å². The van der Waals surface area contributed by atoms with Crippen LogP contribution >= 0.6 is 15.9 Å². The minimum atomic E-state index is -4.11. The molecule has 0 aliphatic carbocycles. The van der Waals surface area contributed by atoms with Crippen LogP contribution in [0.2, 0.25) is 0 Å². The van der Waals surface area contributed by atoms with Crippen molar-refractivity contribution in [3.63, 3.8) is 0 Å². The molecule has 3 rings (SSSR count). The first kappa shape index (κ1) is 31.4. The predicted molar refractivity (Wildman–Crippen MR) is 164 cm³/mol. The SMILES string of the molecule is CC[C@H](C)NC(=O)[C@@H](C)N(Cc1cccc(Br)c1)C(=O)CN(c1cc(C)ccc1C)S(=O)(=O)c1ccc(C)cc1. The highest BCUT2D eigenvalue weighted by atomic mass is 79.9. The lowest BCUT2D eigenvalue weighted by molar-refractivity contribution is -0.139. The number of hydrogen-bond acceptors (Lipinski definition) is 4. The molecule has 0 radical (unpaired) electrons. The Morgan fingerprint density at radius 2 is 1.57 bits per heavy atom. The van der Waals surface area contributed by atoms with Gasteiger partial charge in [-0.1, -0.05) is 64.8 Å². The molecular weight excluding hydrogens is 590 g/mol. The fourth-order valence-corrected chi connectivity index (χ4v) is 6.14. The zero-order valence-corrected chi connectivity index (χ0v) is 26.3. The van der Waals surface area contributed by atoms with Crippen molar-refractivity contribution >= 4 is 43.5 Å². The third-order valence-electron chi connectivity index (χ3n) is 6.93. The molecule has 0 spiro atoms. The highest BCUT2D eigenvalue weighted by Gasteiger charge is 2.33. The number of sulfonamides is 1. The number of halogens is 1. The summed E-state index contributed by atoms with van der Waals surface area (Å²) in [5, 5.41) is 2.95. The van der Waals surface area contributed by atoms with Gasteiger partial charge in [-0.15, -0.1) is 0 Å². The molecule has 40 heavy (non-hydrogen) atoms. The van der Waals surface area contributed by atoms with Crippen molar-refractivity contribution in [2.75, 3.05) is 10.8 Å². The molecule has 0 aliphatic rings. The quantitative estimate of drug-likeness (QED) is 0.287. The predicted octanol–water partition coefficient (Wildman–Crippen LogP) is 5.90. The van der Waals surface area contributed by atoms with Gasteiger partial charge in [0.2, 0.25) is 11.8 Å². The van der Waals surface area contributed by atoms with E-state index in [1.165, 1.54) is 4.90 Å². The number of amides is 2. The molecule has 214 valence electrons. The molecule has 3 aromatic rings. The maximum Gasteiger partial charge on any atom is 0.264 e. The first-order valence-electron chi connectivity index (χ1n) is 13.3. The maximum absolute atomic E-state index is 14.1. The summed E-state index contributed by atoms with van der Waals surface area (Å²) in [6.07, 6.45) is 0.743. The summed E-state index contributed by atoms with van der Waals surface area (Å²) in [6, 6.07) is 18.7. The van der Waals surface area contributed by atoms with Crippen LogP contribution in [0, 0.1) is 20.8 Å². The van der Waals surface area contributed by atoms with E-state index in [-0.39, 0.29) is 23.4 Å². The minimum absolute atomic E-state index is 0.0638. The third kappa shape index (κ3) is 7.73. The van der Waals surface area contributed by atoms with Crippen LogP contribution < -0.4 is 9.62 Å². The Kier molecular flexibility index (Phi) is 10.6. The standard InChI is InChI=1S/C31H38BrN3O4S/c1-7-24(5)33-31(37)25(6)34(19-26-9-8-10-27(32)18-26)30(36)20-35(29-17-22(3)11-14-23(29)4)40(38,39)28-15-12-21(2)13-16-28/h8-18,24-25H,7,19-20H2,1-6H3,(H,33,37)/t24-,25+/m0/s1. The lowest BCUT2D eigenvalue weighted by atomic mass is 10.1. The summed E-state index contributed by atoms with van der Waals surface area (Å²) >= 11 is 3.47. The summed E-state index contributed by atoms with van der Waals surface area (Å²) in [5.41, 5.74) is 3.74. The van der Waals surface area contributed by atoms with E-state index in [0.717, 1.165) is 37.5 Å². The van der Waals surface area contributed by atoms with Gasteiger partial charge in [0, 0.05) is 17.1 Å². The lowest BCUT2D eigenvalue weighted by Crippen LogP contribution is -2.52. The number of hydrogen-bond donors (Lipinski definition) is 1. The second-order valence-corrected chi connectivity index (χ2v) is 13.0. The highest BCUT2D eigenvalue weighted by Crippen LogP contribution is 2.29. The molecule has 0 aromatic heterocycles. The number of carbonyl (C=O) groups is 2. The Balaban J connectivity index is 2.07. The van der Waals surface area contributed by atoms with Crippen LogP contribution in [0.3, 0.4) is 0 Å². The van der Waals surface area contributed by atoms with Gasteiger partial charge in [0.15, 0.2) is 0 Å². The molecule has 0 heterocycles. The second kappa shape index (κ2) is 13.5. The van der Waals surface area contributed by atoms with E-state index in [0.29, 0.717) is 5.69 Å². The molecule has 0 unspecified atom stereocenters. The number of carbonyl (C=O) groups excluding carboxylic acids is 2. The van der Waals surface area contributed by atoms with Crippen LogP contribution in [0.15, 0.2) is 76.1 Å². The van der Waals surface area contributed by atoms with Gasteiger partial charge in [0.05, 0.1) is 10.6 Å². The van der Waals surface area contributed by atoms with Gasteiger partial charge in [-0.05, 0) is 88.1 Å². The zero-order valence-electron chi connectivity index (χ0n) is 23.9. The Hall–Kier alpha value is -3.17. The van der Waals surface area contributed by atoms with E-state index in [1.54, 1.807) is 37.3 Å². The van der Waals surface area contributed by atoms with Crippen LogP contribution in [0.1, 0.15) is 49.4 Å². The average molecular weight is 629 g/mol. The number of rotatable bonds is 11. The molecule has 3 aromatic carbocycles. The summed E-state index contributed by atoms with van der Waals surface area (Å²) in [7, 11) is -4.11. The summed E-state index contributed by atoms with van der Waals surface area (Å²) < 4.78 is 30.1. The van der Waals surface area contributed by atoms with Crippen molar-refractivity contribution in [1.29, 1.82) is 0 Å². The highest BCUT2D eigenvalue weighted by molar-refractivity contribution is 9.10. The smallest absolute Gasteiger partial charge is 0.264 e.